The number of hydrogen-bond acceptors (Lipinski definition) is 4. The van der Waals surface area contributed by atoms with Crippen molar-refractivity contribution in [3.8, 4) is 0 Å². The zero-order valence-corrected chi connectivity index (χ0v) is 7.86. The van der Waals surface area contributed by atoms with Crippen molar-refractivity contribution >= 4 is 17.7 Å². The molecule has 0 bridgehead atoms. The molecule has 5 heteroatoms. The van der Waals surface area contributed by atoms with Crippen LogP contribution in [0.5, 0.6) is 0 Å². The highest BCUT2D eigenvalue weighted by Crippen LogP contribution is 2.08. The van der Waals surface area contributed by atoms with E-state index in [4.69, 9.17) is 5.11 Å². The van der Waals surface area contributed by atoms with E-state index in [2.05, 4.69) is 10.6 Å². The molecule has 1 amide bonds. The van der Waals surface area contributed by atoms with E-state index < -0.39 is 6.10 Å². The van der Waals surface area contributed by atoms with Crippen LogP contribution in [0.3, 0.4) is 0 Å². The fraction of sp³-hybridized carbons (Fsp3) is 0.857. The molecule has 1 aliphatic rings. The van der Waals surface area contributed by atoms with Crippen LogP contribution in [0.2, 0.25) is 0 Å². The summed E-state index contributed by atoms with van der Waals surface area (Å²) < 4.78 is 0. The predicted octanol–water partition coefficient (Wildman–Crippen LogP) is -0.854. The molecule has 0 radical (unpaired) electrons. The van der Waals surface area contributed by atoms with Gasteiger partial charge in [0, 0.05) is 18.2 Å². The Hall–Kier alpha value is -0.260. The number of amides is 1. The van der Waals surface area contributed by atoms with Crippen molar-refractivity contribution in [2.24, 2.45) is 0 Å². The van der Waals surface area contributed by atoms with Gasteiger partial charge >= 0.3 is 0 Å². The van der Waals surface area contributed by atoms with Crippen LogP contribution in [0.25, 0.3) is 0 Å². The van der Waals surface area contributed by atoms with Crippen LogP contribution in [0.1, 0.15) is 6.92 Å². The van der Waals surface area contributed by atoms with Gasteiger partial charge in [0.1, 0.15) is 0 Å². The van der Waals surface area contributed by atoms with Crippen LogP contribution in [0, 0.1) is 0 Å². The lowest BCUT2D eigenvalue weighted by molar-refractivity contribution is -0.122. The molecule has 2 atom stereocenters. The minimum Gasteiger partial charge on any atom is -0.392 e. The molecule has 1 unspecified atom stereocenters. The minimum absolute atomic E-state index is 0.0131. The molecule has 0 aromatic rings. The monoisotopic (exact) mass is 190 g/mol. The molecular weight excluding hydrogens is 176 g/mol. The van der Waals surface area contributed by atoms with E-state index >= 15 is 0 Å². The third-order valence-electron chi connectivity index (χ3n) is 1.60. The maximum Gasteiger partial charge on any atom is 0.238 e. The first-order chi connectivity index (χ1) is 5.70. The fourth-order valence-electron chi connectivity index (χ4n) is 0.935. The molecule has 1 rings (SSSR count). The van der Waals surface area contributed by atoms with Crippen molar-refractivity contribution in [2.75, 3.05) is 18.2 Å². The van der Waals surface area contributed by atoms with Gasteiger partial charge in [0.25, 0.3) is 0 Å². The van der Waals surface area contributed by atoms with Crippen LogP contribution in [0.15, 0.2) is 0 Å². The Morgan fingerprint density at radius 2 is 2.67 bits per heavy atom. The molecule has 0 saturated carbocycles. The zero-order valence-electron chi connectivity index (χ0n) is 7.04. The lowest BCUT2D eigenvalue weighted by atomic mass is 10.3. The summed E-state index contributed by atoms with van der Waals surface area (Å²) in [7, 11) is 0. The lowest BCUT2D eigenvalue weighted by Crippen LogP contribution is -2.44. The molecular formula is C7H14N2O2S. The van der Waals surface area contributed by atoms with E-state index in [0.29, 0.717) is 6.54 Å². The topological polar surface area (TPSA) is 61.4 Å². The highest BCUT2D eigenvalue weighted by Gasteiger charge is 2.21. The summed E-state index contributed by atoms with van der Waals surface area (Å²) >= 11 is 1.71. The van der Waals surface area contributed by atoms with Gasteiger partial charge in [0.2, 0.25) is 5.91 Å². The van der Waals surface area contributed by atoms with E-state index in [1.165, 1.54) is 0 Å². The molecule has 0 aromatic heterocycles. The van der Waals surface area contributed by atoms with Crippen LogP contribution < -0.4 is 10.6 Å². The smallest absolute Gasteiger partial charge is 0.238 e. The van der Waals surface area contributed by atoms with Crippen molar-refractivity contribution in [1.82, 2.24) is 10.6 Å². The van der Waals surface area contributed by atoms with Gasteiger partial charge in [-0.25, -0.2) is 0 Å². The second-order valence-corrected chi connectivity index (χ2v) is 3.90. The Balaban J connectivity index is 2.18. The second-order valence-electron chi connectivity index (χ2n) is 2.87. The molecule has 0 spiro atoms. The highest BCUT2D eigenvalue weighted by atomic mass is 32.2. The quantitative estimate of drug-likeness (QED) is 0.542. The molecule has 70 valence electrons. The number of rotatable bonds is 3. The Kier molecular flexibility index (Phi) is 3.84. The molecule has 1 aliphatic heterocycles. The van der Waals surface area contributed by atoms with Crippen molar-refractivity contribution in [1.29, 1.82) is 0 Å². The molecule has 12 heavy (non-hydrogen) atoms. The normalized spacial score (nSPS) is 25.3. The van der Waals surface area contributed by atoms with Crippen LogP contribution >= 0.6 is 11.8 Å². The van der Waals surface area contributed by atoms with Gasteiger partial charge in [-0.05, 0) is 6.92 Å². The van der Waals surface area contributed by atoms with Gasteiger partial charge in [-0.2, -0.15) is 0 Å². The van der Waals surface area contributed by atoms with Crippen molar-refractivity contribution < 1.29 is 9.90 Å². The summed E-state index contributed by atoms with van der Waals surface area (Å²) in [6.45, 7) is 1.98. The van der Waals surface area contributed by atoms with E-state index in [-0.39, 0.29) is 11.9 Å². The Morgan fingerprint density at radius 1 is 1.92 bits per heavy atom. The number of carbonyl (C=O) groups is 1. The van der Waals surface area contributed by atoms with Gasteiger partial charge in [-0.15, -0.1) is 11.8 Å². The van der Waals surface area contributed by atoms with Crippen LogP contribution in [0.4, 0.5) is 0 Å². The van der Waals surface area contributed by atoms with E-state index in [0.717, 1.165) is 11.6 Å². The van der Waals surface area contributed by atoms with Gasteiger partial charge in [-0.3, -0.25) is 10.1 Å². The maximum absolute atomic E-state index is 11.3. The van der Waals surface area contributed by atoms with Gasteiger partial charge in [-0.1, -0.05) is 0 Å². The van der Waals surface area contributed by atoms with E-state index in [1.54, 1.807) is 18.7 Å². The predicted molar refractivity (Wildman–Crippen MR) is 48.9 cm³/mol. The number of aliphatic hydroxyl groups is 1. The average molecular weight is 190 g/mol. The molecule has 1 heterocycles. The first kappa shape index (κ1) is 9.83. The fourth-order valence-corrected chi connectivity index (χ4v) is 1.88. The number of hydrogen-bond donors (Lipinski definition) is 3. The second kappa shape index (κ2) is 4.69. The molecule has 0 aromatic carbocycles. The summed E-state index contributed by atoms with van der Waals surface area (Å²) in [6, 6.07) is -0.0752. The highest BCUT2D eigenvalue weighted by molar-refractivity contribution is 7.99. The van der Waals surface area contributed by atoms with Gasteiger partial charge in [0.15, 0.2) is 0 Å². The van der Waals surface area contributed by atoms with Crippen molar-refractivity contribution in [3.05, 3.63) is 0 Å². The van der Waals surface area contributed by atoms with Crippen LogP contribution in [-0.4, -0.2) is 41.3 Å². The summed E-state index contributed by atoms with van der Waals surface area (Å²) in [4.78, 5) is 11.3. The zero-order chi connectivity index (χ0) is 8.97. The minimum atomic E-state index is -0.469. The summed E-state index contributed by atoms with van der Waals surface area (Å²) in [5.74, 6) is 1.65. The SMILES string of the molecule is C[C@@H](O)CNC(=O)C1CSCN1. The number of aliphatic hydroxyl groups excluding tert-OH is 1. The summed E-state index contributed by atoms with van der Waals surface area (Å²) in [6.07, 6.45) is -0.469. The Bertz CT molecular complexity index is 157. The third-order valence-corrected chi connectivity index (χ3v) is 2.54. The molecule has 1 saturated heterocycles. The van der Waals surface area contributed by atoms with Gasteiger partial charge in [0.05, 0.1) is 12.1 Å². The standard InChI is InChI=1S/C7H14N2O2S/c1-5(10)2-8-7(11)6-3-12-4-9-6/h5-6,9-10H,2-4H2,1H3,(H,8,11)/t5-,6?/m1/s1. The molecule has 0 aliphatic carbocycles. The van der Waals surface area contributed by atoms with E-state index in [1.807, 2.05) is 0 Å². The summed E-state index contributed by atoms with van der Waals surface area (Å²) in [5.41, 5.74) is 0. The number of nitrogens with one attached hydrogen (secondary N) is 2. The Labute approximate surface area is 76.1 Å². The average Bonchev–Trinajstić information content (AvgIpc) is 2.51. The summed E-state index contributed by atoms with van der Waals surface area (Å²) in [5, 5.41) is 14.6. The number of thioether (sulfide) groups is 1. The first-order valence-electron chi connectivity index (χ1n) is 3.97. The van der Waals surface area contributed by atoms with Crippen LogP contribution in [-0.2, 0) is 4.79 Å². The Morgan fingerprint density at radius 3 is 3.17 bits per heavy atom. The largest absolute Gasteiger partial charge is 0.392 e. The van der Waals surface area contributed by atoms with Crippen molar-refractivity contribution in [2.45, 2.75) is 19.1 Å². The number of carbonyl (C=O) groups excluding carboxylic acids is 1. The maximum atomic E-state index is 11.3. The molecule has 1 fully saturated rings. The third kappa shape index (κ3) is 3.00. The van der Waals surface area contributed by atoms with E-state index in [9.17, 15) is 4.79 Å². The molecule has 3 N–H and O–H groups in total. The first-order valence-corrected chi connectivity index (χ1v) is 5.12. The molecule has 4 nitrogen and oxygen atoms in total. The van der Waals surface area contributed by atoms with Gasteiger partial charge < -0.3 is 10.4 Å². The lowest BCUT2D eigenvalue weighted by Gasteiger charge is -2.11. The van der Waals surface area contributed by atoms with Crippen molar-refractivity contribution in [3.63, 3.8) is 0 Å².